The van der Waals surface area contributed by atoms with Crippen LogP contribution in [-0.4, -0.2) is 22.4 Å². The largest absolute Gasteiger partial charge is 0.384 e. The minimum atomic E-state index is -0.191. The molecule has 1 amide bonds. The van der Waals surface area contributed by atoms with E-state index in [1.807, 2.05) is 31.2 Å². The van der Waals surface area contributed by atoms with Gasteiger partial charge in [0.05, 0.1) is 5.56 Å². The molecule has 3 N–H and O–H groups in total. The molecule has 0 atom stereocenters. The molecule has 2 aromatic heterocycles. The van der Waals surface area contributed by atoms with Crippen LogP contribution in [0.25, 0.3) is 0 Å². The molecule has 148 valence electrons. The summed E-state index contributed by atoms with van der Waals surface area (Å²) in [5, 5.41) is 9.67. The smallest absolute Gasteiger partial charge is 0.259 e. The molecule has 0 fully saturated rings. The van der Waals surface area contributed by atoms with Crippen molar-refractivity contribution in [3.05, 3.63) is 77.2 Å². The van der Waals surface area contributed by atoms with E-state index in [0.29, 0.717) is 17.9 Å². The van der Waals surface area contributed by atoms with Gasteiger partial charge in [0.1, 0.15) is 5.82 Å². The molecule has 0 unspecified atom stereocenters. The van der Waals surface area contributed by atoms with Gasteiger partial charge in [0.15, 0.2) is 0 Å². The number of nitrogens with zero attached hydrogens (tertiary/aromatic N) is 2. The number of carbonyl (C=O) groups excluding carboxylic acids is 1. The number of carbonyl (C=O) groups is 1. The number of benzene rings is 1. The van der Waals surface area contributed by atoms with Gasteiger partial charge in [-0.1, -0.05) is 19.9 Å². The highest BCUT2D eigenvalue weighted by atomic mass is 16.1. The van der Waals surface area contributed by atoms with Crippen LogP contribution >= 0.6 is 0 Å². The van der Waals surface area contributed by atoms with E-state index in [1.54, 1.807) is 24.5 Å². The summed E-state index contributed by atoms with van der Waals surface area (Å²) in [6.45, 7) is 7.84. The third kappa shape index (κ3) is 4.06. The van der Waals surface area contributed by atoms with E-state index in [9.17, 15) is 4.79 Å². The predicted octanol–water partition coefficient (Wildman–Crippen LogP) is 4.35. The summed E-state index contributed by atoms with van der Waals surface area (Å²) in [4.78, 5) is 21.5. The summed E-state index contributed by atoms with van der Waals surface area (Å²) in [5.74, 6) is 0.364. The molecule has 0 bridgehead atoms. The van der Waals surface area contributed by atoms with Crippen LogP contribution in [-0.2, 0) is 12.0 Å². The van der Waals surface area contributed by atoms with Crippen LogP contribution < -0.4 is 16.0 Å². The van der Waals surface area contributed by atoms with E-state index >= 15 is 0 Å². The Labute approximate surface area is 170 Å². The third-order valence-corrected chi connectivity index (χ3v) is 5.20. The molecular weight excluding hydrogens is 362 g/mol. The van der Waals surface area contributed by atoms with Crippen molar-refractivity contribution in [2.24, 2.45) is 0 Å². The van der Waals surface area contributed by atoms with Gasteiger partial charge in [-0.25, -0.2) is 4.98 Å². The number of aryl methyl sites for hydroxylation is 1. The molecule has 0 radical (unpaired) electrons. The number of anilines is 3. The lowest BCUT2D eigenvalue weighted by Crippen LogP contribution is -2.18. The summed E-state index contributed by atoms with van der Waals surface area (Å²) >= 11 is 0. The molecule has 3 heterocycles. The molecule has 4 rings (SSSR count). The average Bonchev–Trinajstić information content (AvgIpc) is 3.01. The second-order valence-electron chi connectivity index (χ2n) is 8.01. The molecule has 1 aliphatic rings. The van der Waals surface area contributed by atoms with Gasteiger partial charge in [-0.3, -0.25) is 9.78 Å². The SMILES string of the molecule is Cc1cc(CNc2ncccc2C(=O)Nc2ccc3c(c2)NCC3(C)C)ccn1. The second kappa shape index (κ2) is 7.54. The highest BCUT2D eigenvalue weighted by molar-refractivity contribution is 6.07. The Morgan fingerprint density at radius 1 is 1.14 bits per heavy atom. The van der Waals surface area contributed by atoms with Gasteiger partial charge in [0.2, 0.25) is 0 Å². The van der Waals surface area contributed by atoms with Crippen LogP contribution in [0.3, 0.4) is 0 Å². The summed E-state index contributed by atoms with van der Waals surface area (Å²) in [7, 11) is 0. The first-order chi connectivity index (χ1) is 13.9. The Morgan fingerprint density at radius 3 is 2.83 bits per heavy atom. The maximum atomic E-state index is 12.9. The zero-order chi connectivity index (χ0) is 20.4. The van der Waals surface area contributed by atoms with Crippen LogP contribution in [0.5, 0.6) is 0 Å². The van der Waals surface area contributed by atoms with Gasteiger partial charge in [-0.2, -0.15) is 0 Å². The first-order valence-corrected chi connectivity index (χ1v) is 9.72. The standard InChI is InChI=1S/C23H25N5O/c1-15-11-16(8-10-24-15)13-26-21-18(5-4-9-25-21)22(29)28-17-6-7-19-20(12-17)27-14-23(19,2)3/h4-12,27H,13-14H2,1-3H3,(H,25,26)(H,28,29). The van der Waals surface area contributed by atoms with Crippen molar-refractivity contribution in [3.63, 3.8) is 0 Å². The van der Waals surface area contributed by atoms with E-state index < -0.39 is 0 Å². The van der Waals surface area contributed by atoms with E-state index in [2.05, 4.69) is 45.8 Å². The van der Waals surface area contributed by atoms with Gasteiger partial charge in [0.25, 0.3) is 5.91 Å². The predicted molar refractivity (Wildman–Crippen MR) is 116 cm³/mol. The lowest BCUT2D eigenvalue weighted by molar-refractivity contribution is 0.102. The van der Waals surface area contributed by atoms with Crippen LogP contribution in [0.2, 0.25) is 0 Å². The quantitative estimate of drug-likeness (QED) is 0.606. The van der Waals surface area contributed by atoms with Crippen LogP contribution in [0.1, 0.15) is 41.0 Å². The van der Waals surface area contributed by atoms with Gasteiger partial charge in [-0.15, -0.1) is 0 Å². The maximum Gasteiger partial charge on any atom is 0.259 e. The summed E-state index contributed by atoms with van der Waals surface area (Å²) < 4.78 is 0. The van der Waals surface area contributed by atoms with Gasteiger partial charge < -0.3 is 16.0 Å². The average molecular weight is 387 g/mol. The minimum Gasteiger partial charge on any atom is -0.384 e. The van der Waals surface area contributed by atoms with E-state index in [-0.39, 0.29) is 11.3 Å². The van der Waals surface area contributed by atoms with Crippen molar-refractivity contribution in [3.8, 4) is 0 Å². The molecule has 0 saturated heterocycles. The van der Waals surface area contributed by atoms with Crippen molar-refractivity contribution in [2.45, 2.75) is 32.7 Å². The van der Waals surface area contributed by atoms with Crippen LogP contribution in [0.4, 0.5) is 17.2 Å². The van der Waals surface area contributed by atoms with Crippen molar-refractivity contribution in [1.82, 2.24) is 9.97 Å². The number of fused-ring (bicyclic) bond motifs is 1. The second-order valence-corrected chi connectivity index (χ2v) is 8.01. The Kier molecular flexibility index (Phi) is 4.92. The van der Waals surface area contributed by atoms with Crippen LogP contribution in [0, 0.1) is 6.92 Å². The highest BCUT2D eigenvalue weighted by Crippen LogP contribution is 2.37. The fourth-order valence-electron chi connectivity index (χ4n) is 3.60. The molecular formula is C23H25N5O. The zero-order valence-electron chi connectivity index (χ0n) is 16.9. The lowest BCUT2D eigenvalue weighted by atomic mass is 9.87. The number of hydrogen-bond donors (Lipinski definition) is 3. The summed E-state index contributed by atoms with van der Waals surface area (Å²) in [6.07, 6.45) is 3.46. The molecule has 6 heteroatoms. The maximum absolute atomic E-state index is 12.9. The molecule has 3 aromatic rings. The Morgan fingerprint density at radius 2 is 2.00 bits per heavy atom. The number of hydrogen-bond acceptors (Lipinski definition) is 5. The van der Waals surface area contributed by atoms with Gasteiger partial charge >= 0.3 is 0 Å². The van der Waals surface area contributed by atoms with Crippen molar-refractivity contribution >= 4 is 23.1 Å². The molecule has 1 aromatic carbocycles. The Balaban J connectivity index is 1.50. The van der Waals surface area contributed by atoms with Gasteiger partial charge in [0, 0.05) is 48.0 Å². The molecule has 6 nitrogen and oxygen atoms in total. The molecule has 29 heavy (non-hydrogen) atoms. The molecule has 1 aliphatic heterocycles. The first-order valence-electron chi connectivity index (χ1n) is 9.72. The molecule has 0 saturated carbocycles. The Hall–Kier alpha value is -3.41. The number of aromatic nitrogens is 2. The number of rotatable bonds is 5. The fourth-order valence-corrected chi connectivity index (χ4v) is 3.60. The zero-order valence-corrected chi connectivity index (χ0v) is 16.9. The van der Waals surface area contributed by atoms with Crippen molar-refractivity contribution < 1.29 is 4.79 Å². The Bertz CT molecular complexity index is 1060. The number of nitrogens with one attached hydrogen (secondary N) is 3. The van der Waals surface area contributed by atoms with Gasteiger partial charge in [-0.05, 0) is 54.4 Å². The normalized spacial score (nSPS) is 14.0. The van der Waals surface area contributed by atoms with Crippen molar-refractivity contribution in [1.29, 1.82) is 0 Å². The summed E-state index contributed by atoms with van der Waals surface area (Å²) in [6, 6.07) is 13.5. The van der Waals surface area contributed by atoms with E-state index in [1.165, 1.54) is 5.56 Å². The van der Waals surface area contributed by atoms with E-state index in [4.69, 9.17) is 0 Å². The monoisotopic (exact) mass is 387 g/mol. The topological polar surface area (TPSA) is 78.9 Å². The molecule has 0 aliphatic carbocycles. The first kappa shape index (κ1) is 18.9. The minimum absolute atomic E-state index is 0.101. The fraction of sp³-hybridized carbons (Fsp3) is 0.261. The summed E-state index contributed by atoms with van der Waals surface area (Å²) in [5.41, 5.74) is 5.75. The third-order valence-electron chi connectivity index (χ3n) is 5.20. The number of amides is 1. The van der Waals surface area contributed by atoms with Crippen molar-refractivity contribution in [2.75, 3.05) is 22.5 Å². The highest BCUT2D eigenvalue weighted by Gasteiger charge is 2.29. The van der Waals surface area contributed by atoms with E-state index in [0.717, 1.165) is 29.2 Å². The molecule has 0 spiro atoms. The number of pyridine rings is 2. The lowest BCUT2D eigenvalue weighted by Gasteiger charge is -2.17. The van der Waals surface area contributed by atoms with Crippen LogP contribution in [0.15, 0.2) is 54.9 Å².